The molecule has 0 saturated heterocycles. The molecule has 224 valence electrons. The number of rotatable bonds is 2. The number of nitrogens with zero attached hydrogens (tertiary/aromatic N) is 5. The number of benzene rings is 6. The van der Waals surface area contributed by atoms with Crippen molar-refractivity contribution in [2.45, 2.75) is 10.6 Å². The summed E-state index contributed by atoms with van der Waals surface area (Å²) in [6.45, 7) is 0. The minimum atomic E-state index is -3.61. The number of sulfone groups is 1. The molecule has 9 rings (SSSR count). The van der Waals surface area contributed by atoms with E-state index in [1.54, 1.807) is 18.2 Å². The fourth-order valence-electron chi connectivity index (χ4n) is 7.26. The van der Waals surface area contributed by atoms with Crippen molar-refractivity contribution in [1.82, 2.24) is 9.13 Å². The van der Waals surface area contributed by atoms with Gasteiger partial charge in [0.05, 0.1) is 67.6 Å². The molecule has 48 heavy (non-hydrogen) atoms. The van der Waals surface area contributed by atoms with E-state index in [1.165, 1.54) is 0 Å². The summed E-state index contributed by atoms with van der Waals surface area (Å²) in [7, 11) is -3.61. The van der Waals surface area contributed by atoms with Crippen molar-refractivity contribution in [3.05, 3.63) is 138 Å². The zero-order valence-corrected chi connectivity index (χ0v) is 26.0. The van der Waals surface area contributed by atoms with Gasteiger partial charge in [-0.25, -0.2) is 8.42 Å². The van der Waals surface area contributed by atoms with Gasteiger partial charge in [0.15, 0.2) is 9.84 Å². The minimum Gasteiger partial charge on any atom is -0.309 e. The van der Waals surface area contributed by atoms with Crippen molar-refractivity contribution >= 4 is 53.4 Å². The molecule has 0 bridgehead atoms. The first kappa shape index (κ1) is 27.6. The van der Waals surface area contributed by atoms with Crippen LogP contribution in [0.3, 0.4) is 0 Å². The Morgan fingerprint density at radius 3 is 1.54 bits per heavy atom. The molecule has 2 aromatic heterocycles. The SMILES string of the molecule is N#Cc1ccc2c(c1)c1ccccc1n2-c1ccc2c(c1)-c1cc(-n3c4ccc(C#N)cc4c4cc(C#N)ccc43)ccc1S(=O)(=O)C2. The van der Waals surface area contributed by atoms with Gasteiger partial charge in [0.2, 0.25) is 0 Å². The van der Waals surface area contributed by atoms with Crippen LogP contribution in [0.1, 0.15) is 22.3 Å². The number of nitriles is 3. The number of hydrogen-bond donors (Lipinski definition) is 0. The summed E-state index contributed by atoms with van der Waals surface area (Å²) in [5.41, 5.74) is 9.02. The quantitative estimate of drug-likeness (QED) is 0.189. The van der Waals surface area contributed by atoms with Crippen LogP contribution in [-0.2, 0) is 15.6 Å². The molecular weight excluding hydrogens is 615 g/mol. The number of para-hydroxylation sites is 1. The molecule has 8 heteroatoms. The van der Waals surface area contributed by atoms with E-state index in [9.17, 15) is 24.2 Å². The van der Waals surface area contributed by atoms with Crippen molar-refractivity contribution in [2.24, 2.45) is 0 Å². The third-order valence-electron chi connectivity index (χ3n) is 9.37. The maximum Gasteiger partial charge on any atom is 0.183 e. The first-order valence-electron chi connectivity index (χ1n) is 15.2. The van der Waals surface area contributed by atoms with Gasteiger partial charge >= 0.3 is 0 Å². The summed E-state index contributed by atoms with van der Waals surface area (Å²) in [5, 5.41) is 32.5. The predicted octanol–water partition coefficient (Wildman–Crippen LogP) is 8.45. The van der Waals surface area contributed by atoms with Crippen molar-refractivity contribution in [1.29, 1.82) is 15.8 Å². The van der Waals surface area contributed by atoms with Crippen LogP contribution >= 0.6 is 0 Å². The standard InChI is InChI=1S/C40H21N5O2S/c41-20-24-5-11-37-32(15-24)30-3-1-2-4-36(30)44(37)28-9-8-27-23-48(46,47)40-14-10-29(19-35(40)31(27)18-28)45-38-12-6-25(21-42)16-33(38)34-17-26(22-43)7-13-39(34)45/h1-19H,23H2. The van der Waals surface area contributed by atoms with Gasteiger partial charge in [-0.2, -0.15) is 15.8 Å². The van der Waals surface area contributed by atoms with E-state index < -0.39 is 9.84 Å². The zero-order chi connectivity index (χ0) is 32.7. The van der Waals surface area contributed by atoms with Crippen LogP contribution < -0.4 is 0 Å². The first-order valence-corrected chi connectivity index (χ1v) is 16.9. The Morgan fingerprint density at radius 1 is 0.500 bits per heavy atom. The highest BCUT2D eigenvalue weighted by molar-refractivity contribution is 7.90. The molecule has 3 heterocycles. The molecule has 0 atom stereocenters. The molecule has 0 saturated carbocycles. The molecule has 0 amide bonds. The fraction of sp³-hybridized carbons (Fsp3) is 0.0250. The minimum absolute atomic E-state index is 0.100. The Morgan fingerprint density at radius 2 is 0.979 bits per heavy atom. The molecule has 8 aromatic rings. The Labute approximate surface area is 274 Å². The first-order chi connectivity index (χ1) is 23.4. The van der Waals surface area contributed by atoms with Crippen LogP contribution in [0.25, 0.3) is 66.1 Å². The van der Waals surface area contributed by atoms with Crippen LogP contribution in [0.2, 0.25) is 0 Å². The molecule has 6 aromatic carbocycles. The molecule has 0 N–H and O–H groups in total. The normalized spacial score (nSPS) is 13.2. The lowest BCUT2D eigenvalue weighted by Crippen LogP contribution is -2.14. The second kappa shape index (κ2) is 9.92. The molecule has 1 aliphatic heterocycles. The summed E-state index contributed by atoms with van der Waals surface area (Å²) >= 11 is 0. The summed E-state index contributed by atoms with van der Waals surface area (Å²) in [5.74, 6) is -0.100. The van der Waals surface area contributed by atoms with Crippen LogP contribution in [-0.4, -0.2) is 17.6 Å². The lowest BCUT2D eigenvalue weighted by Gasteiger charge is -2.23. The second-order valence-corrected chi connectivity index (χ2v) is 14.0. The fourth-order valence-corrected chi connectivity index (χ4v) is 8.86. The lowest BCUT2D eigenvalue weighted by molar-refractivity contribution is 0.594. The average Bonchev–Trinajstić information content (AvgIpc) is 3.62. The zero-order valence-electron chi connectivity index (χ0n) is 25.1. The maximum atomic E-state index is 13.6. The van der Waals surface area contributed by atoms with Gasteiger partial charge in [0.25, 0.3) is 0 Å². The van der Waals surface area contributed by atoms with E-state index in [0.717, 1.165) is 66.1 Å². The second-order valence-electron chi connectivity index (χ2n) is 12.0. The number of aromatic nitrogens is 2. The average molecular weight is 636 g/mol. The molecule has 0 spiro atoms. The van der Waals surface area contributed by atoms with Crippen molar-refractivity contribution < 1.29 is 8.42 Å². The van der Waals surface area contributed by atoms with Crippen molar-refractivity contribution in [2.75, 3.05) is 0 Å². The molecule has 1 aliphatic rings. The van der Waals surface area contributed by atoms with Gasteiger partial charge in [0, 0.05) is 38.5 Å². The van der Waals surface area contributed by atoms with Crippen LogP contribution in [0.4, 0.5) is 0 Å². The summed E-state index contributed by atoms with van der Waals surface area (Å²) in [6, 6.07) is 42.7. The van der Waals surface area contributed by atoms with Gasteiger partial charge in [0.1, 0.15) is 0 Å². The van der Waals surface area contributed by atoms with Crippen LogP contribution in [0.15, 0.2) is 120 Å². The number of hydrogen-bond acceptors (Lipinski definition) is 5. The van der Waals surface area contributed by atoms with Gasteiger partial charge in [-0.1, -0.05) is 24.3 Å². The van der Waals surface area contributed by atoms with Crippen molar-refractivity contribution in [3.8, 4) is 40.7 Å². The Bertz CT molecular complexity index is 2910. The van der Waals surface area contributed by atoms with E-state index in [-0.39, 0.29) is 10.6 Å². The van der Waals surface area contributed by atoms with Crippen LogP contribution in [0, 0.1) is 34.0 Å². The Balaban J connectivity index is 1.30. The molecular formula is C40H21N5O2S. The van der Waals surface area contributed by atoms with E-state index in [4.69, 9.17) is 0 Å². The van der Waals surface area contributed by atoms with Gasteiger partial charge in [-0.15, -0.1) is 0 Å². The van der Waals surface area contributed by atoms with E-state index in [1.807, 2.05) is 84.9 Å². The highest BCUT2D eigenvalue weighted by atomic mass is 32.2. The Kier molecular flexibility index (Phi) is 5.71. The van der Waals surface area contributed by atoms with E-state index >= 15 is 0 Å². The molecule has 0 unspecified atom stereocenters. The monoisotopic (exact) mass is 635 g/mol. The molecule has 7 nitrogen and oxygen atoms in total. The van der Waals surface area contributed by atoms with Crippen molar-refractivity contribution in [3.63, 3.8) is 0 Å². The molecule has 0 aliphatic carbocycles. The highest BCUT2D eigenvalue weighted by Gasteiger charge is 2.29. The third kappa shape index (κ3) is 3.86. The summed E-state index contributed by atoms with van der Waals surface area (Å²) < 4.78 is 31.5. The topological polar surface area (TPSA) is 115 Å². The number of fused-ring (bicyclic) bond motifs is 9. The maximum absolute atomic E-state index is 13.6. The predicted molar refractivity (Wildman–Crippen MR) is 186 cm³/mol. The summed E-state index contributed by atoms with van der Waals surface area (Å²) in [6.07, 6.45) is 0. The highest BCUT2D eigenvalue weighted by Crippen LogP contribution is 2.43. The van der Waals surface area contributed by atoms with Crippen LogP contribution in [0.5, 0.6) is 0 Å². The molecule has 0 radical (unpaired) electrons. The smallest absolute Gasteiger partial charge is 0.183 e. The van der Waals surface area contributed by atoms with Gasteiger partial charge in [-0.3, -0.25) is 0 Å². The van der Waals surface area contributed by atoms with Gasteiger partial charge < -0.3 is 9.13 Å². The summed E-state index contributed by atoms with van der Waals surface area (Å²) in [4.78, 5) is 0.274. The van der Waals surface area contributed by atoms with Gasteiger partial charge in [-0.05, 0) is 102 Å². The van der Waals surface area contributed by atoms with E-state index in [2.05, 4.69) is 39.5 Å². The lowest BCUT2D eigenvalue weighted by atomic mass is 9.98. The molecule has 0 fully saturated rings. The largest absolute Gasteiger partial charge is 0.309 e. The van der Waals surface area contributed by atoms with E-state index in [0.29, 0.717) is 22.3 Å². The Hall–Kier alpha value is -6.66. The third-order valence-corrected chi connectivity index (χ3v) is 11.1.